The highest BCUT2D eigenvalue weighted by Crippen LogP contribution is 2.14. The molecule has 1 unspecified atom stereocenters. The molecule has 1 aliphatic heterocycles. The van der Waals surface area contributed by atoms with Gasteiger partial charge in [0, 0.05) is 18.9 Å². The molecule has 1 saturated heterocycles. The Morgan fingerprint density at radius 3 is 2.90 bits per heavy atom. The molecule has 0 bridgehead atoms. The lowest BCUT2D eigenvalue weighted by atomic mass is 10.1. The Kier molecular flexibility index (Phi) is 2.27. The Labute approximate surface area is 63.7 Å². The number of nitrogens with one attached hydrogen (secondary N) is 1. The van der Waals surface area contributed by atoms with Crippen LogP contribution in [-0.2, 0) is 9.59 Å². The maximum Gasteiger partial charge on any atom is 0.223 e. The zero-order valence-electron chi connectivity index (χ0n) is 5.39. The zero-order chi connectivity index (χ0) is 7.56. The van der Waals surface area contributed by atoms with Crippen LogP contribution in [0.4, 0.5) is 0 Å². The Morgan fingerprint density at radius 1 is 1.80 bits per heavy atom. The van der Waals surface area contributed by atoms with Crippen molar-refractivity contribution in [1.29, 1.82) is 0 Å². The van der Waals surface area contributed by atoms with Crippen LogP contribution in [0.2, 0.25) is 0 Å². The van der Waals surface area contributed by atoms with Crippen molar-refractivity contribution in [3.05, 3.63) is 0 Å². The van der Waals surface area contributed by atoms with E-state index in [4.69, 9.17) is 11.6 Å². The van der Waals surface area contributed by atoms with Gasteiger partial charge in [0.1, 0.15) is 0 Å². The fraction of sp³-hybridized carbons (Fsp3) is 0.667. The van der Waals surface area contributed by atoms with Crippen molar-refractivity contribution in [2.75, 3.05) is 6.54 Å². The van der Waals surface area contributed by atoms with Crippen LogP contribution >= 0.6 is 11.6 Å². The topological polar surface area (TPSA) is 46.2 Å². The van der Waals surface area contributed by atoms with E-state index >= 15 is 0 Å². The molecular weight excluding hydrogens is 154 g/mol. The summed E-state index contributed by atoms with van der Waals surface area (Å²) in [6.07, 6.45) is 0.907. The minimum absolute atomic E-state index is 0.0472. The maximum atomic E-state index is 10.8. The molecule has 0 aromatic rings. The molecule has 0 radical (unpaired) electrons. The highest BCUT2D eigenvalue weighted by atomic mass is 35.5. The summed E-state index contributed by atoms with van der Waals surface area (Å²) in [6.45, 7) is 0.674. The van der Waals surface area contributed by atoms with E-state index in [2.05, 4.69) is 5.32 Å². The number of hydrogen-bond donors (Lipinski definition) is 1. The van der Waals surface area contributed by atoms with Gasteiger partial charge in [-0.05, 0) is 18.0 Å². The first-order valence-electron chi connectivity index (χ1n) is 3.16. The molecule has 0 spiro atoms. The predicted octanol–water partition coefficient (Wildman–Crippen LogP) is 0.278. The van der Waals surface area contributed by atoms with Crippen LogP contribution in [0.25, 0.3) is 0 Å². The molecule has 1 fully saturated rings. The van der Waals surface area contributed by atoms with Gasteiger partial charge in [-0.2, -0.15) is 0 Å². The fourth-order valence-electron chi connectivity index (χ4n) is 1.03. The molecule has 1 heterocycles. The summed E-state index contributed by atoms with van der Waals surface area (Å²) in [4.78, 5) is 21.1. The van der Waals surface area contributed by atoms with Crippen LogP contribution < -0.4 is 5.32 Å². The van der Waals surface area contributed by atoms with Gasteiger partial charge < -0.3 is 5.32 Å². The van der Waals surface area contributed by atoms with Gasteiger partial charge in [0.25, 0.3) is 0 Å². The van der Waals surface area contributed by atoms with Crippen molar-refractivity contribution >= 4 is 22.8 Å². The second-order valence-electron chi connectivity index (χ2n) is 2.34. The molecule has 1 aliphatic rings. The molecule has 1 rings (SSSR count). The third-order valence-corrected chi connectivity index (χ3v) is 1.72. The zero-order valence-corrected chi connectivity index (χ0v) is 6.15. The van der Waals surface area contributed by atoms with E-state index in [9.17, 15) is 9.59 Å². The van der Waals surface area contributed by atoms with Gasteiger partial charge in [-0.25, -0.2) is 0 Å². The number of rotatable bonds is 2. The third kappa shape index (κ3) is 1.70. The van der Waals surface area contributed by atoms with Gasteiger partial charge in [-0.1, -0.05) is 0 Å². The Hall–Kier alpha value is -0.570. The van der Waals surface area contributed by atoms with Gasteiger partial charge >= 0.3 is 0 Å². The van der Waals surface area contributed by atoms with E-state index in [1.54, 1.807) is 0 Å². The highest BCUT2D eigenvalue weighted by molar-refractivity contribution is 6.63. The van der Waals surface area contributed by atoms with Crippen LogP contribution in [0.15, 0.2) is 0 Å². The van der Waals surface area contributed by atoms with Crippen molar-refractivity contribution in [2.24, 2.45) is 5.92 Å². The van der Waals surface area contributed by atoms with Crippen LogP contribution in [0.1, 0.15) is 12.8 Å². The van der Waals surface area contributed by atoms with Crippen LogP contribution in [0.5, 0.6) is 0 Å². The molecule has 10 heavy (non-hydrogen) atoms. The first kappa shape index (κ1) is 7.54. The van der Waals surface area contributed by atoms with Crippen molar-refractivity contribution < 1.29 is 9.59 Å². The molecule has 4 heteroatoms. The van der Waals surface area contributed by atoms with Crippen LogP contribution in [0.3, 0.4) is 0 Å². The summed E-state index contributed by atoms with van der Waals surface area (Å²) < 4.78 is 0. The lowest BCUT2D eigenvalue weighted by Crippen LogP contribution is -2.19. The van der Waals surface area contributed by atoms with Gasteiger partial charge in [0.2, 0.25) is 11.1 Å². The highest BCUT2D eigenvalue weighted by Gasteiger charge is 2.25. The largest absolute Gasteiger partial charge is 0.356 e. The maximum absolute atomic E-state index is 10.8. The molecule has 0 aliphatic carbocycles. The molecule has 0 saturated carbocycles. The second kappa shape index (κ2) is 3.01. The summed E-state index contributed by atoms with van der Waals surface area (Å²) in [6, 6.07) is 0. The predicted molar refractivity (Wildman–Crippen MR) is 36.6 cm³/mol. The number of amides is 1. The van der Waals surface area contributed by atoms with Crippen molar-refractivity contribution in [1.82, 2.24) is 5.32 Å². The smallest absolute Gasteiger partial charge is 0.223 e. The second-order valence-corrected chi connectivity index (χ2v) is 2.76. The molecule has 0 aromatic carbocycles. The summed E-state index contributed by atoms with van der Waals surface area (Å²) >= 11 is 5.10. The van der Waals surface area contributed by atoms with Crippen LogP contribution in [0, 0.1) is 5.92 Å². The van der Waals surface area contributed by atoms with Gasteiger partial charge in [-0.15, -0.1) is 0 Å². The van der Waals surface area contributed by atoms with E-state index in [1.165, 1.54) is 0 Å². The number of hydrogen-bond acceptors (Lipinski definition) is 2. The molecule has 1 atom stereocenters. The minimum atomic E-state index is -0.429. The quantitative estimate of drug-likeness (QED) is 0.592. The van der Waals surface area contributed by atoms with Crippen molar-refractivity contribution in [2.45, 2.75) is 12.8 Å². The number of carbonyl (C=O) groups excluding carboxylic acids is 2. The van der Waals surface area contributed by atoms with E-state index in [0.717, 1.165) is 6.42 Å². The normalized spacial score (nSPS) is 24.5. The Morgan fingerprint density at radius 2 is 2.50 bits per heavy atom. The summed E-state index contributed by atoms with van der Waals surface area (Å²) in [5.41, 5.74) is 0. The first-order valence-corrected chi connectivity index (χ1v) is 3.54. The average molecular weight is 162 g/mol. The van der Waals surface area contributed by atoms with E-state index < -0.39 is 5.24 Å². The minimum Gasteiger partial charge on any atom is -0.356 e. The lowest BCUT2D eigenvalue weighted by Gasteiger charge is -1.99. The van der Waals surface area contributed by atoms with Crippen LogP contribution in [-0.4, -0.2) is 17.7 Å². The van der Waals surface area contributed by atoms with E-state index in [-0.39, 0.29) is 18.2 Å². The Bertz CT molecular complexity index is 169. The first-order chi connectivity index (χ1) is 4.70. The van der Waals surface area contributed by atoms with Gasteiger partial charge in [0.05, 0.1) is 0 Å². The number of halogens is 1. The molecule has 1 amide bonds. The monoisotopic (exact) mass is 161 g/mol. The summed E-state index contributed by atoms with van der Waals surface area (Å²) in [7, 11) is 0. The number of carbonyl (C=O) groups is 2. The summed E-state index contributed by atoms with van der Waals surface area (Å²) in [5.74, 6) is -0.223. The van der Waals surface area contributed by atoms with Gasteiger partial charge in [0.15, 0.2) is 0 Å². The molecule has 3 nitrogen and oxygen atoms in total. The Balaban J connectivity index is 2.40. The molecule has 0 aromatic heterocycles. The van der Waals surface area contributed by atoms with Crippen molar-refractivity contribution in [3.63, 3.8) is 0 Å². The standard InChI is InChI=1S/C6H8ClNO2/c7-5(9)3-4-1-2-8-6(4)10/h4H,1-3H2,(H,8,10). The van der Waals surface area contributed by atoms with E-state index in [0.29, 0.717) is 6.54 Å². The molecular formula is C6H8ClNO2. The fourth-order valence-corrected chi connectivity index (χ4v) is 1.22. The van der Waals surface area contributed by atoms with E-state index in [1.807, 2.05) is 0 Å². The molecule has 1 N–H and O–H groups in total. The van der Waals surface area contributed by atoms with Crippen molar-refractivity contribution in [3.8, 4) is 0 Å². The van der Waals surface area contributed by atoms with Gasteiger partial charge in [-0.3, -0.25) is 9.59 Å². The SMILES string of the molecule is O=C(Cl)CC1CCNC1=O. The summed E-state index contributed by atoms with van der Waals surface area (Å²) in [5, 5.41) is 2.20. The molecule has 56 valence electrons. The average Bonchev–Trinajstić information content (AvgIpc) is 2.15. The third-order valence-electron chi connectivity index (χ3n) is 1.57. The lowest BCUT2D eigenvalue weighted by molar-refractivity contribution is -0.125.